The van der Waals surface area contributed by atoms with Crippen LogP contribution < -0.4 is 20.8 Å². The molecule has 5 heterocycles. The predicted molar refractivity (Wildman–Crippen MR) is 183 cm³/mol. The molecule has 3 aliphatic heterocycles. The smallest absolute Gasteiger partial charge is 0.351 e. The maximum absolute atomic E-state index is 2.60. The van der Waals surface area contributed by atoms with Crippen LogP contribution in [0.2, 0.25) is 0 Å². The third-order valence-electron chi connectivity index (χ3n) is 9.68. The Hall–Kier alpha value is -5.26. The maximum Gasteiger partial charge on any atom is 0.351 e. The SMILES string of the molecule is c1ccc2c(c1)-c1cccc3c1B1c4c(c5ccccc5n4-c4ccccc4N12)N3c1ccc2sc3ccccc3c2c1. The zero-order valence-electron chi connectivity index (χ0n) is 23.0. The summed E-state index contributed by atoms with van der Waals surface area (Å²) in [5.74, 6) is 0. The molecule has 43 heavy (non-hydrogen) atoms. The van der Waals surface area contributed by atoms with E-state index in [2.05, 4.69) is 148 Å². The Morgan fingerprint density at radius 3 is 2.14 bits per heavy atom. The molecule has 0 unspecified atom stereocenters. The van der Waals surface area contributed by atoms with Gasteiger partial charge in [0.15, 0.2) is 0 Å². The molecule has 2 aromatic heterocycles. The molecule has 0 saturated carbocycles. The first-order chi connectivity index (χ1) is 21.4. The second kappa shape index (κ2) is 7.77. The molecule has 0 N–H and O–H groups in total. The van der Waals surface area contributed by atoms with Gasteiger partial charge in [0.05, 0.1) is 22.6 Å². The van der Waals surface area contributed by atoms with Crippen molar-refractivity contribution in [2.24, 2.45) is 0 Å². The summed E-state index contributed by atoms with van der Waals surface area (Å²) in [6, 6.07) is 49.5. The van der Waals surface area contributed by atoms with Gasteiger partial charge in [-0.1, -0.05) is 78.9 Å². The Morgan fingerprint density at radius 1 is 0.512 bits per heavy atom. The average molecular weight is 563 g/mol. The van der Waals surface area contributed by atoms with Crippen molar-refractivity contribution in [3.63, 3.8) is 0 Å². The number of anilines is 5. The van der Waals surface area contributed by atoms with E-state index in [1.807, 2.05) is 11.3 Å². The number of rotatable bonds is 1. The minimum atomic E-state index is 0.0698. The van der Waals surface area contributed by atoms with Crippen LogP contribution in [-0.2, 0) is 0 Å². The van der Waals surface area contributed by atoms with Crippen LogP contribution in [0.1, 0.15) is 0 Å². The fourth-order valence-electron chi connectivity index (χ4n) is 8.07. The first-order valence-electron chi connectivity index (χ1n) is 14.8. The van der Waals surface area contributed by atoms with Crippen LogP contribution in [0.25, 0.3) is 47.9 Å². The monoisotopic (exact) mass is 563 g/mol. The first-order valence-corrected chi connectivity index (χ1v) is 15.6. The third kappa shape index (κ3) is 2.64. The van der Waals surface area contributed by atoms with E-state index in [0.29, 0.717) is 0 Å². The van der Waals surface area contributed by atoms with Gasteiger partial charge in [-0.2, -0.15) is 0 Å². The van der Waals surface area contributed by atoms with Crippen LogP contribution in [-0.4, -0.2) is 11.4 Å². The van der Waals surface area contributed by atoms with Gasteiger partial charge >= 0.3 is 6.85 Å². The molecule has 0 saturated heterocycles. The van der Waals surface area contributed by atoms with Gasteiger partial charge in [0.1, 0.15) is 0 Å². The molecule has 5 heteroatoms. The molecule has 0 fully saturated rings. The summed E-state index contributed by atoms with van der Waals surface area (Å²) < 4.78 is 5.20. The lowest BCUT2D eigenvalue weighted by Gasteiger charge is -2.47. The van der Waals surface area contributed by atoms with E-state index in [1.165, 1.54) is 87.4 Å². The second-order valence-corrected chi connectivity index (χ2v) is 12.8. The summed E-state index contributed by atoms with van der Waals surface area (Å²) in [7, 11) is 0. The van der Waals surface area contributed by atoms with Crippen molar-refractivity contribution in [2.45, 2.75) is 0 Å². The molecular weight excluding hydrogens is 541 g/mol. The summed E-state index contributed by atoms with van der Waals surface area (Å²) in [6.45, 7) is 0.0698. The van der Waals surface area contributed by atoms with Gasteiger partial charge < -0.3 is 14.3 Å². The summed E-state index contributed by atoms with van der Waals surface area (Å²) >= 11 is 1.88. The van der Waals surface area contributed by atoms with E-state index in [-0.39, 0.29) is 6.85 Å². The molecular formula is C38H22BN3S. The Bertz CT molecular complexity index is 2510. The van der Waals surface area contributed by atoms with E-state index in [1.54, 1.807) is 0 Å². The number of hydrogen-bond acceptors (Lipinski definition) is 3. The number of para-hydroxylation sites is 4. The summed E-state index contributed by atoms with van der Waals surface area (Å²) in [5.41, 5.74) is 14.1. The Labute approximate surface area is 252 Å². The highest BCUT2D eigenvalue weighted by molar-refractivity contribution is 7.25. The maximum atomic E-state index is 2.60. The van der Waals surface area contributed by atoms with E-state index in [0.717, 1.165) is 0 Å². The van der Waals surface area contributed by atoms with Crippen molar-refractivity contribution in [1.82, 2.24) is 4.57 Å². The standard InChI is InChI=1S/C38H22BN3S/c1-5-15-30-24(10-1)26-13-9-18-33-36(26)39-38-37(40(33)23-20-21-35-28(22-23)25-11-3-8-19-34(25)43-35)27-12-2-4-14-29(27)41(38)31-16-6-7-17-32(31)42(30)39/h1-22H. The molecule has 3 nitrogen and oxygen atoms in total. The second-order valence-electron chi connectivity index (χ2n) is 11.7. The molecule has 6 aromatic carbocycles. The largest absolute Gasteiger partial charge is 0.374 e. The molecule has 0 aliphatic carbocycles. The van der Waals surface area contributed by atoms with Gasteiger partial charge in [0.25, 0.3) is 0 Å². The zero-order chi connectivity index (χ0) is 27.8. The molecule has 0 atom stereocenters. The predicted octanol–water partition coefficient (Wildman–Crippen LogP) is 9.02. The molecule has 11 rings (SSSR count). The van der Waals surface area contributed by atoms with Gasteiger partial charge in [-0.3, -0.25) is 0 Å². The van der Waals surface area contributed by atoms with Crippen LogP contribution in [0, 0.1) is 0 Å². The van der Waals surface area contributed by atoms with Gasteiger partial charge in [0.2, 0.25) is 0 Å². The van der Waals surface area contributed by atoms with Crippen LogP contribution >= 0.6 is 11.3 Å². The molecule has 198 valence electrons. The lowest BCUT2D eigenvalue weighted by molar-refractivity contribution is 1.11. The zero-order valence-corrected chi connectivity index (χ0v) is 23.8. The molecule has 0 amide bonds. The summed E-state index contributed by atoms with van der Waals surface area (Å²) in [4.78, 5) is 5.15. The van der Waals surface area contributed by atoms with Crippen molar-refractivity contribution in [2.75, 3.05) is 9.71 Å². The molecule has 0 spiro atoms. The van der Waals surface area contributed by atoms with E-state index in [9.17, 15) is 0 Å². The van der Waals surface area contributed by atoms with Crippen LogP contribution in [0.3, 0.4) is 0 Å². The summed E-state index contributed by atoms with van der Waals surface area (Å²) in [6.07, 6.45) is 0. The van der Waals surface area contributed by atoms with Crippen molar-refractivity contribution in [3.8, 4) is 16.8 Å². The number of nitrogens with zero attached hydrogens (tertiary/aromatic N) is 3. The molecule has 8 aromatic rings. The highest BCUT2D eigenvalue weighted by Crippen LogP contribution is 2.52. The molecule has 3 aliphatic rings. The number of hydrogen-bond donors (Lipinski definition) is 0. The van der Waals surface area contributed by atoms with Gasteiger partial charge in [-0.25, -0.2) is 0 Å². The van der Waals surface area contributed by atoms with E-state index >= 15 is 0 Å². The Kier molecular flexibility index (Phi) is 4.04. The normalized spacial score (nSPS) is 13.9. The van der Waals surface area contributed by atoms with Gasteiger partial charge in [-0.15, -0.1) is 11.3 Å². The average Bonchev–Trinajstić information content (AvgIpc) is 3.61. The fourth-order valence-corrected chi connectivity index (χ4v) is 9.15. The van der Waals surface area contributed by atoms with Crippen LogP contribution in [0.15, 0.2) is 133 Å². The van der Waals surface area contributed by atoms with Crippen molar-refractivity contribution >= 4 is 88.8 Å². The van der Waals surface area contributed by atoms with Gasteiger partial charge in [0, 0.05) is 53.8 Å². The van der Waals surface area contributed by atoms with Crippen molar-refractivity contribution in [1.29, 1.82) is 0 Å². The summed E-state index contributed by atoms with van der Waals surface area (Å²) in [5, 5.41) is 3.92. The van der Waals surface area contributed by atoms with Crippen LogP contribution in [0.5, 0.6) is 0 Å². The molecule has 0 radical (unpaired) electrons. The minimum Gasteiger partial charge on any atom is -0.374 e. The number of benzene rings is 6. The number of thiophene rings is 1. The highest BCUT2D eigenvalue weighted by atomic mass is 32.1. The Balaban J connectivity index is 1.33. The van der Waals surface area contributed by atoms with E-state index < -0.39 is 0 Å². The van der Waals surface area contributed by atoms with Gasteiger partial charge in [-0.05, 0) is 65.6 Å². The lowest BCUT2D eigenvalue weighted by Crippen LogP contribution is -2.65. The quantitative estimate of drug-likeness (QED) is 0.185. The van der Waals surface area contributed by atoms with E-state index in [4.69, 9.17) is 0 Å². The minimum absolute atomic E-state index is 0.0698. The fraction of sp³-hybridized carbons (Fsp3) is 0. The Morgan fingerprint density at radius 2 is 1.21 bits per heavy atom. The van der Waals surface area contributed by atoms with Crippen LogP contribution in [0.4, 0.5) is 28.4 Å². The highest BCUT2D eigenvalue weighted by Gasteiger charge is 2.50. The number of fused-ring (bicyclic) bond motifs is 12. The topological polar surface area (TPSA) is 11.4 Å². The lowest BCUT2D eigenvalue weighted by atomic mass is 9.44. The third-order valence-corrected chi connectivity index (χ3v) is 10.8. The first kappa shape index (κ1) is 22.4. The number of aromatic nitrogens is 1. The van der Waals surface area contributed by atoms with Crippen molar-refractivity contribution < 1.29 is 0 Å². The molecule has 0 bridgehead atoms. The van der Waals surface area contributed by atoms with Crippen molar-refractivity contribution in [3.05, 3.63) is 133 Å².